The first-order chi connectivity index (χ1) is 20.5. The Bertz CT molecular complexity index is 1720. The summed E-state index contributed by atoms with van der Waals surface area (Å²) in [5.74, 6) is 0.946. The zero-order valence-corrected chi connectivity index (χ0v) is 24.4. The van der Waals surface area contributed by atoms with Crippen molar-refractivity contribution in [3.63, 3.8) is 0 Å². The molecule has 42 heavy (non-hydrogen) atoms. The zero-order chi connectivity index (χ0) is 29.1. The van der Waals surface area contributed by atoms with Crippen LogP contribution >= 0.6 is 28.1 Å². The minimum Gasteiger partial charge on any atom is -0.484 e. The maximum atomic E-state index is 14.7. The number of nitrogens with one attached hydrogen (secondary N) is 2. The number of rotatable bonds is 8. The molecule has 210 valence electrons. The normalized spacial score (nSPS) is 16.2. The standard InChI is InChI=1S/C32H24BrFN4O3S/c33-20-9-14-24(25(34)18-20)27-15-16-28(41-27)31-30(26-8-4-5-17-35-26)37-32(42)38(31)22-12-10-21(11-13-22)36-29(39)19-40-23-6-2-1-3-7-23/h1-18,30-31H,19H2,(H,36,39)(H,37,42)/t30-,31-/m0/s1. The number of anilines is 2. The highest BCUT2D eigenvalue weighted by atomic mass is 79.9. The number of para-hydroxylation sites is 1. The fourth-order valence-electron chi connectivity index (χ4n) is 4.84. The largest absolute Gasteiger partial charge is 0.484 e. The maximum Gasteiger partial charge on any atom is 0.262 e. The number of hydrogen-bond acceptors (Lipinski definition) is 5. The maximum absolute atomic E-state index is 14.7. The lowest BCUT2D eigenvalue weighted by molar-refractivity contribution is -0.118. The lowest BCUT2D eigenvalue weighted by atomic mass is 10.0. The van der Waals surface area contributed by atoms with E-state index < -0.39 is 11.9 Å². The average molecular weight is 644 g/mol. The van der Waals surface area contributed by atoms with Gasteiger partial charge in [-0.2, -0.15) is 0 Å². The van der Waals surface area contributed by atoms with Crippen molar-refractivity contribution in [3.8, 4) is 17.1 Å². The Kier molecular flexibility index (Phi) is 7.98. The summed E-state index contributed by atoms with van der Waals surface area (Å²) < 4.78 is 27.2. The van der Waals surface area contributed by atoms with Crippen LogP contribution in [0, 0.1) is 5.82 Å². The molecule has 2 N–H and O–H groups in total. The highest BCUT2D eigenvalue weighted by Gasteiger charge is 2.42. The molecule has 0 saturated carbocycles. The van der Waals surface area contributed by atoms with E-state index in [1.54, 1.807) is 48.7 Å². The molecule has 1 aliphatic rings. The molecule has 7 nitrogen and oxygen atoms in total. The lowest BCUT2D eigenvalue weighted by Gasteiger charge is -2.26. The minimum absolute atomic E-state index is 0.112. The molecular formula is C32H24BrFN4O3S. The van der Waals surface area contributed by atoms with E-state index in [-0.39, 0.29) is 18.6 Å². The fourth-order valence-corrected chi connectivity index (χ4v) is 5.51. The molecule has 1 amide bonds. The van der Waals surface area contributed by atoms with Crippen LogP contribution in [0.5, 0.6) is 5.75 Å². The first-order valence-corrected chi connectivity index (χ1v) is 14.3. The molecule has 6 rings (SSSR count). The Morgan fingerprint density at radius 1 is 1.02 bits per heavy atom. The quantitative estimate of drug-likeness (QED) is 0.170. The molecule has 5 aromatic rings. The molecule has 0 spiro atoms. The van der Waals surface area contributed by atoms with E-state index in [0.717, 1.165) is 11.4 Å². The zero-order valence-electron chi connectivity index (χ0n) is 22.0. The fraction of sp³-hybridized carbons (Fsp3) is 0.0938. The van der Waals surface area contributed by atoms with Gasteiger partial charge in [0.15, 0.2) is 11.7 Å². The molecule has 3 aromatic carbocycles. The van der Waals surface area contributed by atoms with Gasteiger partial charge in [0.05, 0.1) is 17.3 Å². The van der Waals surface area contributed by atoms with Crippen molar-refractivity contribution >= 4 is 50.5 Å². The summed E-state index contributed by atoms with van der Waals surface area (Å²) >= 11 is 9.09. The molecule has 1 saturated heterocycles. The van der Waals surface area contributed by atoms with Gasteiger partial charge in [-0.25, -0.2) is 4.39 Å². The third-order valence-electron chi connectivity index (χ3n) is 6.76. The Balaban J connectivity index is 1.26. The number of furan rings is 1. The number of ether oxygens (including phenoxy) is 1. The van der Waals surface area contributed by atoms with Crippen molar-refractivity contribution in [2.45, 2.75) is 12.1 Å². The number of pyridine rings is 1. The molecule has 0 unspecified atom stereocenters. The molecule has 1 fully saturated rings. The van der Waals surface area contributed by atoms with Crippen molar-refractivity contribution in [2.24, 2.45) is 0 Å². The van der Waals surface area contributed by atoms with Crippen molar-refractivity contribution in [1.82, 2.24) is 10.3 Å². The van der Waals surface area contributed by atoms with Crippen molar-refractivity contribution < 1.29 is 18.3 Å². The highest BCUT2D eigenvalue weighted by molar-refractivity contribution is 9.10. The Morgan fingerprint density at radius 3 is 2.55 bits per heavy atom. The van der Waals surface area contributed by atoms with Crippen LogP contribution in [-0.4, -0.2) is 22.6 Å². The van der Waals surface area contributed by atoms with Gasteiger partial charge in [0.2, 0.25) is 0 Å². The molecule has 0 aliphatic carbocycles. The van der Waals surface area contributed by atoms with Gasteiger partial charge in [0.25, 0.3) is 5.91 Å². The van der Waals surface area contributed by atoms with E-state index in [2.05, 4.69) is 31.5 Å². The SMILES string of the molecule is O=C(COc1ccccc1)Nc1ccc(N2C(=S)N[C@@H](c3ccccn3)[C@@H]2c2ccc(-c3ccc(Br)cc3F)o2)cc1. The first kappa shape index (κ1) is 27.6. The highest BCUT2D eigenvalue weighted by Crippen LogP contribution is 2.43. The van der Waals surface area contributed by atoms with E-state index in [1.807, 2.05) is 59.5 Å². The van der Waals surface area contributed by atoms with E-state index in [4.69, 9.17) is 21.4 Å². The first-order valence-electron chi connectivity index (χ1n) is 13.1. The number of hydrogen-bond donors (Lipinski definition) is 2. The molecule has 0 bridgehead atoms. The second-order valence-electron chi connectivity index (χ2n) is 9.52. The number of carbonyl (C=O) groups excluding carboxylic acids is 1. The van der Waals surface area contributed by atoms with Crippen LogP contribution in [0.1, 0.15) is 23.5 Å². The van der Waals surface area contributed by atoms with Gasteiger partial charge >= 0.3 is 0 Å². The molecule has 2 atom stereocenters. The predicted molar refractivity (Wildman–Crippen MR) is 167 cm³/mol. The summed E-state index contributed by atoms with van der Waals surface area (Å²) in [4.78, 5) is 19.0. The molecule has 3 heterocycles. The van der Waals surface area contributed by atoms with Gasteiger partial charge in [0.1, 0.15) is 29.1 Å². The predicted octanol–water partition coefficient (Wildman–Crippen LogP) is 7.44. The van der Waals surface area contributed by atoms with Crippen LogP contribution in [0.15, 0.2) is 118 Å². The second-order valence-corrected chi connectivity index (χ2v) is 10.8. The smallest absolute Gasteiger partial charge is 0.262 e. The number of amides is 1. The third-order valence-corrected chi connectivity index (χ3v) is 7.56. The van der Waals surface area contributed by atoms with Gasteiger partial charge in [-0.3, -0.25) is 9.78 Å². The molecule has 2 aromatic heterocycles. The Morgan fingerprint density at radius 2 is 1.81 bits per heavy atom. The summed E-state index contributed by atoms with van der Waals surface area (Å²) in [6, 6.07) is 29.9. The van der Waals surface area contributed by atoms with Crippen LogP contribution in [0.2, 0.25) is 0 Å². The summed E-state index contributed by atoms with van der Waals surface area (Å²) in [5, 5.41) is 6.72. The molecule has 10 heteroatoms. The monoisotopic (exact) mass is 642 g/mol. The topological polar surface area (TPSA) is 79.6 Å². The number of halogens is 2. The van der Waals surface area contributed by atoms with Crippen LogP contribution < -0.4 is 20.3 Å². The Labute approximate surface area is 255 Å². The lowest BCUT2D eigenvalue weighted by Crippen LogP contribution is -2.29. The second kappa shape index (κ2) is 12.1. The van der Waals surface area contributed by atoms with Crippen LogP contribution in [0.3, 0.4) is 0 Å². The number of aromatic nitrogens is 1. The third kappa shape index (κ3) is 5.90. The van der Waals surface area contributed by atoms with Crippen LogP contribution in [0.25, 0.3) is 11.3 Å². The van der Waals surface area contributed by atoms with Crippen molar-refractivity contribution in [1.29, 1.82) is 0 Å². The van der Waals surface area contributed by atoms with E-state index in [9.17, 15) is 9.18 Å². The minimum atomic E-state index is -0.417. The van der Waals surface area contributed by atoms with Crippen LogP contribution in [-0.2, 0) is 4.79 Å². The number of thiocarbonyl (C=S) groups is 1. The average Bonchev–Trinajstić information content (AvgIpc) is 3.62. The van der Waals surface area contributed by atoms with Gasteiger partial charge in [0, 0.05) is 22.0 Å². The van der Waals surface area contributed by atoms with E-state index in [0.29, 0.717) is 38.1 Å². The summed E-state index contributed by atoms with van der Waals surface area (Å²) in [6.07, 6.45) is 1.73. The van der Waals surface area contributed by atoms with Gasteiger partial charge in [-0.1, -0.05) is 40.2 Å². The van der Waals surface area contributed by atoms with Crippen molar-refractivity contribution in [3.05, 3.63) is 131 Å². The number of nitrogens with zero attached hydrogens (tertiary/aromatic N) is 2. The molecule has 0 radical (unpaired) electrons. The van der Waals surface area contributed by atoms with Crippen molar-refractivity contribution in [2.75, 3.05) is 16.8 Å². The summed E-state index contributed by atoms with van der Waals surface area (Å²) in [6.45, 7) is -0.112. The Hall–Kier alpha value is -4.54. The summed E-state index contributed by atoms with van der Waals surface area (Å²) in [7, 11) is 0. The van der Waals surface area contributed by atoms with E-state index in [1.165, 1.54) is 6.07 Å². The van der Waals surface area contributed by atoms with Crippen LogP contribution in [0.4, 0.5) is 15.8 Å². The van der Waals surface area contributed by atoms with Gasteiger partial charge < -0.3 is 24.7 Å². The van der Waals surface area contributed by atoms with Gasteiger partial charge in [-0.15, -0.1) is 0 Å². The van der Waals surface area contributed by atoms with E-state index >= 15 is 0 Å². The molecular weight excluding hydrogens is 619 g/mol. The summed E-state index contributed by atoms with van der Waals surface area (Å²) in [5.41, 5.74) is 2.53. The number of carbonyl (C=O) groups is 1. The number of benzene rings is 3. The van der Waals surface area contributed by atoms with Gasteiger partial charge in [-0.05, 0) is 91.1 Å². The molecule has 1 aliphatic heterocycles.